The summed E-state index contributed by atoms with van der Waals surface area (Å²) in [6.45, 7) is 0.300. The van der Waals surface area contributed by atoms with Gasteiger partial charge in [0.05, 0.1) is 32.3 Å². The van der Waals surface area contributed by atoms with E-state index in [9.17, 15) is 9.59 Å². The Morgan fingerprint density at radius 3 is 2.94 bits per heavy atom. The standard InChI is InChI=1S/C20H23N5O5S/c1-28-16-6-3-5-12(18(16)29-2)10-21-17(26)11-31-20-23-22-19(27)14-9-13(24-25(14)20)15-7-4-8-30-15/h3-8,13-14,24H,9-11H2,1-2H3,(H,21,26)(H,22,27). The quantitative estimate of drug-likeness (QED) is 0.585. The van der Waals surface area contributed by atoms with Gasteiger partial charge in [-0.05, 0) is 18.2 Å². The number of para-hydroxylation sites is 1. The molecule has 1 aromatic carbocycles. The van der Waals surface area contributed by atoms with E-state index in [4.69, 9.17) is 13.9 Å². The molecule has 2 aromatic rings. The Balaban J connectivity index is 1.34. The zero-order valence-corrected chi connectivity index (χ0v) is 17.9. The van der Waals surface area contributed by atoms with Crippen molar-refractivity contribution in [2.75, 3.05) is 20.0 Å². The number of furan rings is 1. The second-order valence-corrected chi connectivity index (χ2v) is 7.85. The van der Waals surface area contributed by atoms with Crippen LogP contribution in [0.25, 0.3) is 0 Å². The van der Waals surface area contributed by atoms with Gasteiger partial charge in [0.1, 0.15) is 11.8 Å². The van der Waals surface area contributed by atoms with Crippen molar-refractivity contribution in [1.29, 1.82) is 0 Å². The zero-order valence-electron chi connectivity index (χ0n) is 17.1. The number of hydrazine groups is 1. The van der Waals surface area contributed by atoms with Crippen molar-refractivity contribution >= 4 is 28.7 Å². The second-order valence-electron chi connectivity index (χ2n) is 6.91. The molecule has 10 nitrogen and oxygen atoms in total. The fourth-order valence-corrected chi connectivity index (χ4v) is 4.31. The Morgan fingerprint density at radius 2 is 2.19 bits per heavy atom. The van der Waals surface area contributed by atoms with Crippen LogP contribution in [0.15, 0.2) is 46.1 Å². The van der Waals surface area contributed by atoms with Crippen molar-refractivity contribution in [3.8, 4) is 11.5 Å². The number of fused-ring (bicyclic) bond motifs is 1. The molecule has 1 saturated heterocycles. The minimum atomic E-state index is -0.417. The molecule has 4 rings (SSSR count). The van der Waals surface area contributed by atoms with Gasteiger partial charge in [-0.15, -0.1) is 5.10 Å². The van der Waals surface area contributed by atoms with Crippen molar-refractivity contribution in [2.24, 2.45) is 5.10 Å². The monoisotopic (exact) mass is 445 g/mol. The Morgan fingerprint density at radius 1 is 1.32 bits per heavy atom. The first-order valence-corrected chi connectivity index (χ1v) is 10.6. The average Bonchev–Trinajstić information content (AvgIpc) is 3.47. The lowest BCUT2D eigenvalue weighted by molar-refractivity contribution is -0.125. The number of hydrogen-bond donors (Lipinski definition) is 3. The topological polar surface area (TPSA) is 117 Å². The molecule has 3 heterocycles. The number of thioether (sulfide) groups is 1. The number of hydrazone groups is 1. The SMILES string of the molecule is COc1cccc(CNC(=O)CSC2=NNC(=O)C3CC(c4ccco4)NN23)c1OC. The van der Waals surface area contributed by atoms with Gasteiger partial charge in [-0.3, -0.25) is 14.6 Å². The van der Waals surface area contributed by atoms with Crippen molar-refractivity contribution in [3.63, 3.8) is 0 Å². The number of ether oxygens (including phenoxy) is 2. The van der Waals surface area contributed by atoms with Gasteiger partial charge in [-0.25, -0.2) is 10.9 Å². The Bertz CT molecular complexity index is 980. The third kappa shape index (κ3) is 4.47. The van der Waals surface area contributed by atoms with Crippen molar-refractivity contribution in [1.82, 2.24) is 21.2 Å². The molecule has 2 amide bonds. The highest BCUT2D eigenvalue weighted by Gasteiger charge is 2.42. The van der Waals surface area contributed by atoms with E-state index in [-0.39, 0.29) is 23.6 Å². The first kappa shape index (κ1) is 21.1. The number of nitrogens with one attached hydrogen (secondary N) is 3. The molecular weight excluding hydrogens is 422 g/mol. The van der Waals surface area contributed by atoms with E-state index >= 15 is 0 Å². The Labute approximate surface area is 183 Å². The van der Waals surface area contributed by atoms with Gasteiger partial charge in [0.15, 0.2) is 16.7 Å². The van der Waals surface area contributed by atoms with Crippen LogP contribution in [0, 0.1) is 0 Å². The van der Waals surface area contributed by atoms with Gasteiger partial charge in [0, 0.05) is 18.5 Å². The second kappa shape index (κ2) is 9.31. The first-order valence-electron chi connectivity index (χ1n) is 9.66. The molecule has 0 saturated carbocycles. The number of carbonyl (C=O) groups excluding carboxylic acids is 2. The average molecular weight is 446 g/mol. The molecule has 31 heavy (non-hydrogen) atoms. The molecule has 3 N–H and O–H groups in total. The van der Waals surface area contributed by atoms with E-state index in [0.29, 0.717) is 29.6 Å². The molecule has 11 heteroatoms. The highest BCUT2D eigenvalue weighted by atomic mass is 32.2. The smallest absolute Gasteiger partial charge is 0.264 e. The third-order valence-corrected chi connectivity index (χ3v) is 5.97. The van der Waals surface area contributed by atoms with Crippen LogP contribution in [-0.4, -0.2) is 48.0 Å². The molecular formula is C20H23N5O5S. The molecule has 0 aliphatic carbocycles. The van der Waals surface area contributed by atoms with E-state index in [1.165, 1.54) is 11.8 Å². The summed E-state index contributed by atoms with van der Waals surface area (Å²) in [5.74, 6) is 1.71. The predicted octanol–water partition coefficient (Wildman–Crippen LogP) is 1.37. The van der Waals surface area contributed by atoms with Crippen molar-refractivity contribution in [3.05, 3.63) is 47.9 Å². The Kier molecular flexibility index (Phi) is 6.33. The summed E-state index contributed by atoms with van der Waals surface area (Å²) in [7, 11) is 3.13. The number of carbonyl (C=O) groups is 2. The highest BCUT2D eigenvalue weighted by Crippen LogP contribution is 2.32. The number of nitrogens with zero attached hydrogens (tertiary/aromatic N) is 2. The molecule has 2 unspecified atom stereocenters. The molecule has 0 bridgehead atoms. The minimum Gasteiger partial charge on any atom is -0.493 e. The van der Waals surface area contributed by atoms with Crippen LogP contribution in [0.1, 0.15) is 23.8 Å². The number of hydrogen-bond acceptors (Lipinski definition) is 9. The van der Waals surface area contributed by atoms with Crippen LogP contribution in [0.5, 0.6) is 11.5 Å². The third-order valence-electron chi connectivity index (χ3n) is 5.02. The fraction of sp³-hybridized carbons (Fsp3) is 0.350. The van der Waals surface area contributed by atoms with Crippen LogP contribution in [0.4, 0.5) is 0 Å². The lowest BCUT2D eigenvalue weighted by Gasteiger charge is -2.29. The van der Waals surface area contributed by atoms with Gasteiger partial charge in [0.25, 0.3) is 5.91 Å². The van der Waals surface area contributed by atoms with Gasteiger partial charge in [0.2, 0.25) is 5.91 Å². The normalized spacial score (nSPS) is 20.0. The summed E-state index contributed by atoms with van der Waals surface area (Å²) in [5.41, 5.74) is 6.59. The van der Waals surface area contributed by atoms with Gasteiger partial charge in [-0.1, -0.05) is 23.9 Å². The maximum absolute atomic E-state index is 12.4. The van der Waals surface area contributed by atoms with E-state index < -0.39 is 6.04 Å². The van der Waals surface area contributed by atoms with Crippen LogP contribution >= 0.6 is 11.8 Å². The van der Waals surface area contributed by atoms with E-state index in [1.54, 1.807) is 37.6 Å². The molecule has 2 atom stereocenters. The molecule has 2 aliphatic rings. The van der Waals surface area contributed by atoms with Crippen molar-refractivity contribution in [2.45, 2.75) is 25.0 Å². The summed E-state index contributed by atoms with van der Waals surface area (Å²) >= 11 is 1.24. The van der Waals surface area contributed by atoms with Crippen LogP contribution < -0.4 is 25.6 Å². The summed E-state index contributed by atoms with van der Waals surface area (Å²) in [6.07, 6.45) is 2.14. The van der Waals surface area contributed by atoms with E-state index in [1.807, 2.05) is 18.2 Å². The number of amides is 2. The molecule has 2 aliphatic heterocycles. The lowest BCUT2D eigenvalue weighted by Crippen LogP contribution is -2.52. The van der Waals surface area contributed by atoms with Crippen molar-refractivity contribution < 1.29 is 23.5 Å². The maximum Gasteiger partial charge on any atom is 0.264 e. The molecule has 0 radical (unpaired) electrons. The van der Waals surface area contributed by atoms with Crippen LogP contribution in [-0.2, 0) is 16.1 Å². The minimum absolute atomic E-state index is 0.135. The first-order chi connectivity index (χ1) is 15.1. The van der Waals surface area contributed by atoms with Gasteiger partial charge < -0.3 is 19.2 Å². The lowest BCUT2D eigenvalue weighted by atomic mass is 10.1. The predicted molar refractivity (Wildman–Crippen MR) is 114 cm³/mol. The van der Waals surface area contributed by atoms with Gasteiger partial charge >= 0.3 is 0 Å². The zero-order chi connectivity index (χ0) is 21.8. The van der Waals surface area contributed by atoms with Gasteiger partial charge in [-0.2, -0.15) is 0 Å². The number of amidine groups is 1. The largest absolute Gasteiger partial charge is 0.493 e. The summed E-state index contributed by atoms with van der Waals surface area (Å²) in [4.78, 5) is 24.6. The number of benzene rings is 1. The molecule has 0 spiro atoms. The number of methoxy groups -OCH3 is 2. The van der Waals surface area contributed by atoms with Crippen LogP contribution in [0.2, 0.25) is 0 Å². The maximum atomic E-state index is 12.4. The number of rotatable bonds is 7. The van der Waals surface area contributed by atoms with E-state index in [0.717, 1.165) is 11.3 Å². The summed E-state index contributed by atoms with van der Waals surface area (Å²) in [5, 5.41) is 9.20. The fourth-order valence-electron chi connectivity index (χ4n) is 3.52. The Hall–Kier alpha value is -3.18. The van der Waals surface area contributed by atoms with E-state index in [2.05, 4.69) is 21.3 Å². The molecule has 164 valence electrons. The molecule has 1 fully saturated rings. The highest BCUT2D eigenvalue weighted by molar-refractivity contribution is 8.14. The summed E-state index contributed by atoms with van der Waals surface area (Å²) in [6, 6.07) is 8.61. The van der Waals surface area contributed by atoms with Crippen LogP contribution in [0.3, 0.4) is 0 Å². The summed E-state index contributed by atoms with van der Waals surface area (Å²) < 4.78 is 16.1. The molecule has 1 aromatic heterocycles.